The number of primary amides is 1. The van der Waals surface area contributed by atoms with Crippen LogP contribution in [-0.2, 0) is 4.79 Å². The molecule has 1 amide bonds. The molecule has 4 fully saturated rings. The highest BCUT2D eigenvalue weighted by molar-refractivity contribution is 9.10. The van der Waals surface area contributed by atoms with Crippen LogP contribution in [-0.4, -0.2) is 10.7 Å². The predicted molar refractivity (Wildman–Crippen MR) is 62.5 cm³/mol. The van der Waals surface area contributed by atoms with Crippen LogP contribution in [0.4, 0.5) is 0 Å². The van der Waals surface area contributed by atoms with Crippen LogP contribution in [0.25, 0.3) is 0 Å². The van der Waals surface area contributed by atoms with E-state index in [9.17, 15) is 4.79 Å². The first-order valence-electron chi connectivity index (χ1n) is 6.02. The molecule has 15 heavy (non-hydrogen) atoms. The Balaban J connectivity index is 1.89. The van der Waals surface area contributed by atoms with Gasteiger partial charge in [-0.3, -0.25) is 4.79 Å². The normalized spacial score (nSPS) is 49.3. The molecule has 0 radical (unpaired) electrons. The number of hydrogen-bond donors (Lipinski definition) is 1. The first-order valence-corrected chi connectivity index (χ1v) is 6.94. The average Bonchev–Trinajstić information content (AvgIpc) is 2.14. The molecule has 0 heterocycles. The average molecular weight is 272 g/mol. The second-order valence-electron chi connectivity index (χ2n) is 6.04. The van der Waals surface area contributed by atoms with Gasteiger partial charge in [0.05, 0.1) is 4.83 Å². The number of nitrogens with two attached hydrogens (primary N) is 1. The van der Waals surface area contributed by atoms with Crippen molar-refractivity contribution in [1.29, 1.82) is 0 Å². The third kappa shape index (κ3) is 1.46. The molecule has 4 aliphatic carbocycles. The van der Waals surface area contributed by atoms with Gasteiger partial charge in [-0.25, -0.2) is 0 Å². The molecule has 0 aliphatic heterocycles. The summed E-state index contributed by atoms with van der Waals surface area (Å²) in [5, 5.41) is 0. The maximum atomic E-state index is 11.4. The minimum atomic E-state index is -0.156. The van der Waals surface area contributed by atoms with Crippen molar-refractivity contribution in [2.24, 2.45) is 28.9 Å². The molecule has 4 bridgehead atoms. The zero-order chi connectivity index (χ0) is 10.6. The van der Waals surface area contributed by atoms with Gasteiger partial charge in [-0.2, -0.15) is 0 Å². The SMILES string of the molecule is NC(=O)C(Br)C12CC3CC(CC(C3)C1)C2. The lowest BCUT2D eigenvalue weighted by molar-refractivity contribution is -0.124. The molecule has 0 aromatic rings. The second-order valence-corrected chi connectivity index (χ2v) is 6.96. The van der Waals surface area contributed by atoms with Gasteiger partial charge in [-0.05, 0) is 61.7 Å². The van der Waals surface area contributed by atoms with Crippen molar-refractivity contribution in [3.8, 4) is 0 Å². The summed E-state index contributed by atoms with van der Waals surface area (Å²) in [7, 11) is 0. The molecular formula is C12H18BrNO. The summed E-state index contributed by atoms with van der Waals surface area (Å²) in [4.78, 5) is 11.3. The van der Waals surface area contributed by atoms with E-state index >= 15 is 0 Å². The second kappa shape index (κ2) is 3.22. The molecule has 2 nitrogen and oxygen atoms in total. The van der Waals surface area contributed by atoms with Gasteiger partial charge in [0.15, 0.2) is 0 Å². The zero-order valence-corrected chi connectivity index (χ0v) is 10.5. The van der Waals surface area contributed by atoms with E-state index in [0.29, 0.717) is 0 Å². The number of halogens is 1. The fourth-order valence-electron chi connectivity index (χ4n) is 4.79. The van der Waals surface area contributed by atoms with Gasteiger partial charge in [0.2, 0.25) is 5.91 Å². The Morgan fingerprint density at radius 2 is 1.53 bits per heavy atom. The first-order chi connectivity index (χ1) is 7.09. The molecule has 4 aliphatic rings. The Hall–Kier alpha value is -0.0500. The summed E-state index contributed by atoms with van der Waals surface area (Å²) in [5.41, 5.74) is 5.69. The van der Waals surface area contributed by atoms with Crippen molar-refractivity contribution in [2.75, 3.05) is 0 Å². The fourth-order valence-corrected chi connectivity index (χ4v) is 5.35. The maximum absolute atomic E-state index is 11.4. The highest BCUT2D eigenvalue weighted by Gasteiger charge is 2.54. The summed E-state index contributed by atoms with van der Waals surface area (Å²) in [5.74, 6) is 2.50. The molecule has 3 heteroatoms. The van der Waals surface area contributed by atoms with Crippen LogP contribution in [0.5, 0.6) is 0 Å². The van der Waals surface area contributed by atoms with Crippen molar-refractivity contribution in [1.82, 2.24) is 0 Å². The molecule has 0 spiro atoms. The Morgan fingerprint density at radius 1 is 1.13 bits per heavy atom. The van der Waals surface area contributed by atoms with Crippen LogP contribution < -0.4 is 5.73 Å². The van der Waals surface area contributed by atoms with Gasteiger partial charge in [-0.15, -0.1) is 0 Å². The number of alkyl halides is 1. The highest BCUT2D eigenvalue weighted by Crippen LogP contribution is 2.62. The standard InChI is InChI=1S/C12H18BrNO/c13-10(11(14)15)12-4-7-1-8(5-12)3-9(2-7)6-12/h7-10H,1-6H2,(H2,14,15). The number of hydrogen-bond acceptors (Lipinski definition) is 1. The van der Waals surface area contributed by atoms with Crippen LogP contribution in [0.1, 0.15) is 38.5 Å². The monoisotopic (exact) mass is 271 g/mol. The topological polar surface area (TPSA) is 43.1 Å². The molecule has 1 unspecified atom stereocenters. The molecule has 0 aromatic heterocycles. The molecule has 0 saturated heterocycles. The lowest BCUT2D eigenvalue weighted by Gasteiger charge is -2.58. The van der Waals surface area contributed by atoms with E-state index in [1.807, 2.05) is 0 Å². The number of rotatable bonds is 2. The summed E-state index contributed by atoms with van der Waals surface area (Å²) in [6.45, 7) is 0. The van der Waals surface area contributed by atoms with Crippen molar-refractivity contribution >= 4 is 21.8 Å². The van der Waals surface area contributed by atoms with E-state index in [1.165, 1.54) is 38.5 Å². The summed E-state index contributed by atoms with van der Waals surface area (Å²) in [6, 6.07) is 0. The van der Waals surface area contributed by atoms with E-state index in [1.54, 1.807) is 0 Å². The molecular weight excluding hydrogens is 254 g/mol. The smallest absolute Gasteiger partial charge is 0.231 e. The third-order valence-corrected chi connectivity index (χ3v) is 6.30. The lowest BCUT2D eigenvalue weighted by Crippen LogP contribution is -2.53. The first kappa shape index (κ1) is 10.1. The van der Waals surface area contributed by atoms with Crippen LogP contribution in [0.15, 0.2) is 0 Å². The summed E-state index contributed by atoms with van der Waals surface area (Å²) < 4.78 is 0. The van der Waals surface area contributed by atoms with E-state index in [-0.39, 0.29) is 16.1 Å². The quantitative estimate of drug-likeness (QED) is 0.771. The molecule has 1 atom stereocenters. The predicted octanol–water partition coefficient (Wildman–Crippen LogP) is 2.45. The Bertz CT molecular complexity index is 267. The lowest BCUT2D eigenvalue weighted by atomic mass is 9.49. The molecule has 84 valence electrons. The Morgan fingerprint density at radius 3 is 1.87 bits per heavy atom. The minimum Gasteiger partial charge on any atom is -0.369 e. The number of amides is 1. The van der Waals surface area contributed by atoms with Crippen LogP contribution in [0.3, 0.4) is 0 Å². The van der Waals surface area contributed by atoms with Crippen molar-refractivity contribution in [2.45, 2.75) is 43.4 Å². The van der Waals surface area contributed by atoms with Gasteiger partial charge in [0.1, 0.15) is 0 Å². The van der Waals surface area contributed by atoms with Gasteiger partial charge >= 0.3 is 0 Å². The van der Waals surface area contributed by atoms with E-state index in [0.717, 1.165) is 17.8 Å². The fraction of sp³-hybridized carbons (Fsp3) is 0.917. The van der Waals surface area contributed by atoms with E-state index in [4.69, 9.17) is 5.73 Å². The van der Waals surface area contributed by atoms with Crippen molar-refractivity contribution in [3.63, 3.8) is 0 Å². The highest BCUT2D eigenvalue weighted by atomic mass is 79.9. The summed E-state index contributed by atoms with van der Waals surface area (Å²) in [6.07, 6.45) is 7.95. The number of carbonyl (C=O) groups is 1. The van der Waals surface area contributed by atoms with E-state index < -0.39 is 0 Å². The van der Waals surface area contributed by atoms with Crippen LogP contribution >= 0.6 is 15.9 Å². The third-order valence-electron chi connectivity index (χ3n) is 4.87. The van der Waals surface area contributed by atoms with Crippen LogP contribution in [0.2, 0.25) is 0 Å². The molecule has 4 saturated carbocycles. The molecule has 4 rings (SSSR count). The zero-order valence-electron chi connectivity index (χ0n) is 8.92. The Kier molecular flexibility index (Phi) is 2.17. The van der Waals surface area contributed by atoms with Gasteiger partial charge in [0, 0.05) is 0 Å². The van der Waals surface area contributed by atoms with Gasteiger partial charge in [-0.1, -0.05) is 15.9 Å². The van der Waals surface area contributed by atoms with Crippen molar-refractivity contribution < 1.29 is 4.79 Å². The van der Waals surface area contributed by atoms with Gasteiger partial charge < -0.3 is 5.73 Å². The molecule has 2 N–H and O–H groups in total. The van der Waals surface area contributed by atoms with Crippen LogP contribution in [0, 0.1) is 23.2 Å². The van der Waals surface area contributed by atoms with Crippen molar-refractivity contribution in [3.05, 3.63) is 0 Å². The summed E-state index contributed by atoms with van der Waals surface area (Å²) >= 11 is 3.56. The number of carbonyl (C=O) groups excluding carboxylic acids is 1. The van der Waals surface area contributed by atoms with E-state index in [2.05, 4.69) is 15.9 Å². The Labute approximate surface area is 99.1 Å². The maximum Gasteiger partial charge on any atom is 0.231 e. The van der Waals surface area contributed by atoms with Gasteiger partial charge in [0.25, 0.3) is 0 Å². The largest absolute Gasteiger partial charge is 0.369 e. The minimum absolute atomic E-state index is 0.0848. The molecule has 0 aromatic carbocycles.